The molecule has 1 heterocycles. The van der Waals surface area contributed by atoms with Crippen LogP contribution in [-0.4, -0.2) is 40.1 Å². The van der Waals surface area contributed by atoms with Crippen molar-refractivity contribution < 1.29 is 19.8 Å². The number of hydrogen-bond donors (Lipinski definition) is 2. The first-order valence-corrected chi connectivity index (χ1v) is 6.76. The van der Waals surface area contributed by atoms with Crippen LogP contribution in [-0.2, 0) is 16.0 Å². The lowest BCUT2D eigenvalue weighted by Crippen LogP contribution is -2.37. The minimum Gasteiger partial charge on any atom is -0.508 e. The topological polar surface area (TPSA) is 77.8 Å². The number of aliphatic carboxylic acids is 1. The molecule has 1 unspecified atom stereocenters. The molecule has 1 atom stereocenters. The lowest BCUT2D eigenvalue weighted by Gasteiger charge is -2.23. The van der Waals surface area contributed by atoms with E-state index in [1.807, 2.05) is 6.92 Å². The number of carbonyl (C=O) groups is 2. The third-order valence-electron chi connectivity index (χ3n) is 4.13. The molecule has 108 valence electrons. The van der Waals surface area contributed by atoms with Crippen LogP contribution in [0.3, 0.4) is 0 Å². The van der Waals surface area contributed by atoms with Crippen molar-refractivity contribution in [2.75, 3.05) is 13.1 Å². The predicted molar refractivity (Wildman–Crippen MR) is 73.4 cm³/mol. The minimum absolute atomic E-state index is 0.0627. The fourth-order valence-electron chi connectivity index (χ4n) is 2.60. The Kier molecular flexibility index (Phi) is 3.97. The second-order valence-electron chi connectivity index (χ2n) is 5.35. The van der Waals surface area contributed by atoms with Gasteiger partial charge in [-0.15, -0.1) is 0 Å². The molecule has 0 saturated carbocycles. The van der Waals surface area contributed by atoms with Crippen LogP contribution in [0.25, 0.3) is 0 Å². The summed E-state index contributed by atoms with van der Waals surface area (Å²) in [5.74, 6) is -0.717. The molecule has 2 rings (SSSR count). The minimum atomic E-state index is -0.820. The number of carboxylic acid groups (broad SMARTS) is 1. The van der Waals surface area contributed by atoms with E-state index in [0.29, 0.717) is 19.4 Å². The van der Waals surface area contributed by atoms with Gasteiger partial charge in [0.05, 0.1) is 11.8 Å². The number of phenols is 1. The van der Waals surface area contributed by atoms with Gasteiger partial charge in [0.25, 0.3) is 0 Å². The molecule has 20 heavy (non-hydrogen) atoms. The van der Waals surface area contributed by atoms with Gasteiger partial charge in [-0.3, -0.25) is 9.59 Å². The molecule has 1 fully saturated rings. The summed E-state index contributed by atoms with van der Waals surface area (Å²) in [7, 11) is 0. The molecule has 1 aromatic carbocycles. The summed E-state index contributed by atoms with van der Waals surface area (Å²) in [5.41, 5.74) is 0.0297. The first-order valence-electron chi connectivity index (χ1n) is 6.76. The standard InChI is InChI=1S/C15H19NO4/c1-2-15(14(19)20)7-8-16(10-15)13(18)9-11-3-5-12(17)6-4-11/h3-6,17H,2,7-10H2,1H3,(H,19,20). The summed E-state index contributed by atoms with van der Waals surface area (Å²) in [5, 5.41) is 18.5. The van der Waals surface area contributed by atoms with Crippen LogP contribution in [0.1, 0.15) is 25.3 Å². The number of carbonyl (C=O) groups excluding carboxylic acids is 1. The molecular formula is C15H19NO4. The summed E-state index contributed by atoms with van der Waals surface area (Å²) < 4.78 is 0. The molecule has 0 spiro atoms. The number of rotatable bonds is 4. The van der Waals surface area contributed by atoms with Gasteiger partial charge in [0.2, 0.25) is 5.91 Å². The molecule has 1 saturated heterocycles. The number of benzene rings is 1. The zero-order valence-corrected chi connectivity index (χ0v) is 11.5. The Morgan fingerprint density at radius 2 is 1.95 bits per heavy atom. The molecule has 5 nitrogen and oxygen atoms in total. The Hall–Kier alpha value is -2.04. The van der Waals surface area contributed by atoms with E-state index in [0.717, 1.165) is 5.56 Å². The Bertz CT molecular complexity index is 511. The van der Waals surface area contributed by atoms with E-state index in [-0.39, 0.29) is 24.6 Å². The van der Waals surface area contributed by atoms with Gasteiger partial charge in [-0.25, -0.2) is 0 Å². The van der Waals surface area contributed by atoms with Crippen LogP contribution in [0.4, 0.5) is 0 Å². The molecule has 1 amide bonds. The van der Waals surface area contributed by atoms with Gasteiger partial charge in [-0.1, -0.05) is 19.1 Å². The van der Waals surface area contributed by atoms with Gasteiger partial charge in [-0.05, 0) is 30.5 Å². The second kappa shape index (κ2) is 5.53. The Morgan fingerprint density at radius 3 is 2.45 bits per heavy atom. The maximum Gasteiger partial charge on any atom is 0.311 e. The SMILES string of the molecule is CCC1(C(=O)O)CCN(C(=O)Cc2ccc(O)cc2)C1. The summed E-state index contributed by atoms with van der Waals surface area (Å²) in [6, 6.07) is 6.49. The number of nitrogens with zero attached hydrogens (tertiary/aromatic N) is 1. The Morgan fingerprint density at radius 1 is 1.30 bits per heavy atom. The van der Waals surface area contributed by atoms with Gasteiger partial charge in [0, 0.05) is 13.1 Å². The van der Waals surface area contributed by atoms with E-state index in [1.165, 1.54) is 0 Å². The largest absolute Gasteiger partial charge is 0.508 e. The third-order valence-corrected chi connectivity index (χ3v) is 4.13. The van der Waals surface area contributed by atoms with Crippen LogP contribution in [0.2, 0.25) is 0 Å². The van der Waals surface area contributed by atoms with Crippen molar-refractivity contribution >= 4 is 11.9 Å². The molecule has 0 aromatic heterocycles. The molecule has 1 aromatic rings. The van der Waals surface area contributed by atoms with Crippen LogP contribution in [0, 0.1) is 5.41 Å². The molecule has 0 radical (unpaired) electrons. The van der Waals surface area contributed by atoms with Crippen molar-refractivity contribution in [3.05, 3.63) is 29.8 Å². The zero-order valence-electron chi connectivity index (χ0n) is 11.5. The number of likely N-dealkylation sites (tertiary alicyclic amines) is 1. The highest BCUT2D eigenvalue weighted by Crippen LogP contribution is 2.34. The number of aromatic hydroxyl groups is 1. The van der Waals surface area contributed by atoms with Crippen molar-refractivity contribution in [3.63, 3.8) is 0 Å². The van der Waals surface area contributed by atoms with E-state index in [1.54, 1.807) is 29.2 Å². The van der Waals surface area contributed by atoms with Crippen LogP contribution in [0.5, 0.6) is 5.75 Å². The molecule has 0 aliphatic carbocycles. The highest BCUT2D eigenvalue weighted by molar-refractivity contribution is 5.82. The molecule has 5 heteroatoms. The molecule has 2 N–H and O–H groups in total. The van der Waals surface area contributed by atoms with Gasteiger partial charge in [-0.2, -0.15) is 0 Å². The van der Waals surface area contributed by atoms with Crippen molar-refractivity contribution in [2.24, 2.45) is 5.41 Å². The van der Waals surface area contributed by atoms with Gasteiger partial charge < -0.3 is 15.1 Å². The highest BCUT2D eigenvalue weighted by atomic mass is 16.4. The smallest absolute Gasteiger partial charge is 0.311 e. The van der Waals surface area contributed by atoms with E-state index in [4.69, 9.17) is 0 Å². The lowest BCUT2D eigenvalue weighted by atomic mass is 9.84. The maximum absolute atomic E-state index is 12.2. The third kappa shape index (κ3) is 2.76. The van der Waals surface area contributed by atoms with Crippen LogP contribution >= 0.6 is 0 Å². The average Bonchev–Trinajstić information content (AvgIpc) is 2.87. The number of phenolic OH excluding ortho intramolecular Hbond substituents is 1. The number of hydrogen-bond acceptors (Lipinski definition) is 3. The molecule has 1 aliphatic heterocycles. The number of amides is 1. The summed E-state index contributed by atoms with van der Waals surface area (Å²) in [4.78, 5) is 25.2. The van der Waals surface area contributed by atoms with Crippen LogP contribution in [0.15, 0.2) is 24.3 Å². The normalized spacial score (nSPS) is 21.9. The predicted octanol–water partition coefficient (Wildman–Crippen LogP) is 1.65. The molecular weight excluding hydrogens is 258 g/mol. The van der Waals surface area contributed by atoms with Gasteiger partial charge in [0.15, 0.2) is 0 Å². The van der Waals surface area contributed by atoms with Crippen LogP contribution < -0.4 is 0 Å². The second-order valence-corrected chi connectivity index (χ2v) is 5.35. The summed E-state index contributed by atoms with van der Waals surface area (Å²) in [6.45, 7) is 2.63. The summed E-state index contributed by atoms with van der Waals surface area (Å²) in [6.07, 6.45) is 1.28. The van der Waals surface area contributed by atoms with Crippen molar-refractivity contribution in [3.8, 4) is 5.75 Å². The van der Waals surface area contributed by atoms with E-state index < -0.39 is 11.4 Å². The Labute approximate surface area is 117 Å². The zero-order chi connectivity index (χ0) is 14.8. The fourth-order valence-corrected chi connectivity index (χ4v) is 2.60. The first-order chi connectivity index (χ1) is 9.47. The maximum atomic E-state index is 12.2. The lowest BCUT2D eigenvalue weighted by molar-refractivity contribution is -0.148. The quantitative estimate of drug-likeness (QED) is 0.877. The average molecular weight is 277 g/mol. The Balaban J connectivity index is 2.01. The highest BCUT2D eigenvalue weighted by Gasteiger charge is 2.44. The monoisotopic (exact) mass is 277 g/mol. The van der Waals surface area contributed by atoms with Gasteiger partial charge in [0.1, 0.15) is 5.75 Å². The number of carboxylic acids is 1. The molecule has 1 aliphatic rings. The van der Waals surface area contributed by atoms with Crippen molar-refractivity contribution in [2.45, 2.75) is 26.2 Å². The van der Waals surface area contributed by atoms with Crippen molar-refractivity contribution in [1.82, 2.24) is 4.90 Å². The van der Waals surface area contributed by atoms with Crippen molar-refractivity contribution in [1.29, 1.82) is 0 Å². The first kappa shape index (κ1) is 14.4. The van der Waals surface area contributed by atoms with E-state index in [2.05, 4.69) is 0 Å². The molecule has 0 bridgehead atoms. The summed E-state index contributed by atoms with van der Waals surface area (Å²) >= 11 is 0. The van der Waals surface area contributed by atoms with E-state index >= 15 is 0 Å². The van der Waals surface area contributed by atoms with Gasteiger partial charge >= 0.3 is 5.97 Å². The van der Waals surface area contributed by atoms with E-state index in [9.17, 15) is 19.8 Å². The fraction of sp³-hybridized carbons (Fsp3) is 0.467.